The van der Waals surface area contributed by atoms with Crippen LogP contribution in [0.1, 0.15) is 64.2 Å². The molecule has 0 rings (SSSR count). The van der Waals surface area contributed by atoms with Crippen LogP contribution in [0.4, 0.5) is 0 Å². The SMILES string of the molecule is C#CCCCCOC(=O)CCCCC(=O)OCCCCC#C. The van der Waals surface area contributed by atoms with Gasteiger partial charge in [0.05, 0.1) is 13.2 Å². The molecule has 0 fully saturated rings. The highest BCUT2D eigenvalue weighted by atomic mass is 16.5. The molecule has 0 bridgehead atoms. The van der Waals surface area contributed by atoms with E-state index >= 15 is 0 Å². The smallest absolute Gasteiger partial charge is 0.305 e. The average molecular weight is 306 g/mol. The maximum Gasteiger partial charge on any atom is 0.305 e. The first-order valence-corrected chi connectivity index (χ1v) is 7.89. The van der Waals surface area contributed by atoms with E-state index in [9.17, 15) is 9.59 Å². The van der Waals surface area contributed by atoms with E-state index in [1.165, 1.54) is 0 Å². The minimum Gasteiger partial charge on any atom is -0.466 e. The molecule has 4 heteroatoms. The van der Waals surface area contributed by atoms with Crippen molar-refractivity contribution in [2.75, 3.05) is 13.2 Å². The van der Waals surface area contributed by atoms with Gasteiger partial charge in [0.1, 0.15) is 0 Å². The molecule has 0 saturated heterocycles. The van der Waals surface area contributed by atoms with Crippen LogP contribution in [0.25, 0.3) is 0 Å². The molecule has 0 aliphatic rings. The third-order valence-electron chi connectivity index (χ3n) is 2.97. The van der Waals surface area contributed by atoms with Gasteiger partial charge in [-0.15, -0.1) is 24.7 Å². The summed E-state index contributed by atoms with van der Waals surface area (Å²) in [7, 11) is 0. The summed E-state index contributed by atoms with van der Waals surface area (Å²) >= 11 is 0. The quantitative estimate of drug-likeness (QED) is 0.298. The van der Waals surface area contributed by atoms with E-state index in [2.05, 4.69) is 11.8 Å². The van der Waals surface area contributed by atoms with Gasteiger partial charge in [0.15, 0.2) is 0 Å². The molecule has 0 aliphatic carbocycles. The third-order valence-corrected chi connectivity index (χ3v) is 2.97. The van der Waals surface area contributed by atoms with Crippen LogP contribution < -0.4 is 0 Å². The van der Waals surface area contributed by atoms with Crippen molar-refractivity contribution in [2.45, 2.75) is 64.2 Å². The summed E-state index contributed by atoms with van der Waals surface area (Å²) in [5, 5.41) is 0. The zero-order valence-electron chi connectivity index (χ0n) is 13.3. The van der Waals surface area contributed by atoms with Crippen molar-refractivity contribution < 1.29 is 19.1 Å². The molecule has 4 nitrogen and oxygen atoms in total. The summed E-state index contributed by atoms with van der Waals surface area (Å²) in [6.45, 7) is 0.834. The second kappa shape index (κ2) is 15.4. The Morgan fingerprint density at radius 2 is 1.09 bits per heavy atom. The monoisotopic (exact) mass is 306 g/mol. The number of carbonyl (C=O) groups is 2. The number of unbranched alkanes of at least 4 members (excludes halogenated alkanes) is 5. The van der Waals surface area contributed by atoms with Crippen LogP contribution in [0.5, 0.6) is 0 Å². The zero-order valence-corrected chi connectivity index (χ0v) is 13.3. The molecular formula is C18H26O4. The normalized spacial score (nSPS) is 9.55. The van der Waals surface area contributed by atoms with Crippen LogP contribution in [0.3, 0.4) is 0 Å². The number of hydrogen-bond donors (Lipinski definition) is 0. The van der Waals surface area contributed by atoms with Crippen LogP contribution in [0.15, 0.2) is 0 Å². The van der Waals surface area contributed by atoms with Gasteiger partial charge in [-0.1, -0.05) is 0 Å². The van der Waals surface area contributed by atoms with Crippen molar-refractivity contribution in [3.8, 4) is 24.7 Å². The van der Waals surface area contributed by atoms with Crippen molar-refractivity contribution in [3.63, 3.8) is 0 Å². The molecule has 0 N–H and O–H groups in total. The molecule has 0 atom stereocenters. The third kappa shape index (κ3) is 14.5. The van der Waals surface area contributed by atoms with E-state index in [1.54, 1.807) is 0 Å². The molecule has 0 spiro atoms. The molecule has 0 aliphatic heterocycles. The lowest BCUT2D eigenvalue weighted by Gasteiger charge is -2.05. The predicted octanol–water partition coefficient (Wildman–Crippen LogP) is 3.24. The van der Waals surface area contributed by atoms with Gasteiger partial charge in [-0.2, -0.15) is 0 Å². The van der Waals surface area contributed by atoms with Crippen molar-refractivity contribution in [1.29, 1.82) is 0 Å². The summed E-state index contributed by atoms with van der Waals surface area (Å²) in [6.07, 6.45) is 16.9. The Hall–Kier alpha value is -1.94. The summed E-state index contributed by atoms with van der Waals surface area (Å²) < 4.78 is 10.1. The summed E-state index contributed by atoms with van der Waals surface area (Å²) in [5.41, 5.74) is 0. The van der Waals surface area contributed by atoms with Crippen LogP contribution in [-0.2, 0) is 19.1 Å². The van der Waals surface area contributed by atoms with E-state index in [-0.39, 0.29) is 11.9 Å². The second-order valence-corrected chi connectivity index (χ2v) is 4.97. The van der Waals surface area contributed by atoms with E-state index in [0.717, 1.165) is 25.7 Å². The van der Waals surface area contributed by atoms with Crippen LogP contribution in [-0.4, -0.2) is 25.2 Å². The van der Waals surface area contributed by atoms with Gasteiger partial charge < -0.3 is 9.47 Å². The topological polar surface area (TPSA) is 52.6 Å². The maximum absolute atomic E-state index is 11.4. The first kappa shape index (κ1) is 20.1. The summed E-state index contributed by atoms with van der Waals surface area (Å²) in [4.78, 5) is 22.8. The van der Waals surface area contributed by atoms with Crippen LogP contribution >= 0.6 is 0 Å². The highest BCUT2D eigenvalue weighted by Gasteiger charge is 2.06. The Morgan fingerprint density at radius 1 is 0.682 bits per heavy atom. The van der Waals surface area contributed by atoms with Crippen molar-refractivity contribution in [1.82, 2.24) is 0 Å². The number of carbonyl (C=O) groups excluding carboxylic acids is 2. The minimum absolute atomic E-state index is 0.219. The molecule has 0 aromatic carbocycles. The molecule has 0 saturated carbocycles. The minimum atomic E-state index is -0.219. The Labute approximate surface area is 133 Å². The van der Waals surface area contributed by atoms with E-state index < -0.39 is 0 Å². The highest BCUT2D eigenvalue weighted by molar-refractivity contribution is 5.70. The van der Waals surface area contributed by atoms with Gasteiger partial charge in [0, 0.05) is 25.7 Å². The lowest BCUT2D eigenvalue weighted by atomic mass is 10.2. The van der Waals surface area contributed by atoms with Crippen molar-refractivity contribution in [2.24, 2.45) is 0 Å². The van der Waals surface area contributed by atoms with E-state index in [4.69, 9.17) is 22.3 Å². The molecule has 122 valence electrons. The fourth-order valence-electron chi connectivity index (χ4n) is 1.71. The highest BCUT2D eigenvalue weighted by Crippen LogP contribution is 2.04. The molecule has 0 heterocycles. The van der Waals surface area contributed by atoms with Gasteiger partial charge in [-0.05, 0) is 38.5 Å². The molecule has 0 aromatic heterocycles. The van der Waals surface area contributed by atoms with Crippen molar-refractivity contribution in [3.05, 3.63) is 0 Å². The number of terminal acetylenes is 2. The number of hydrogen-bond acceptors (Lipinski definition) is 4. The van der Waals surface area contributed by atoms with Gasteiger partial charge in [0.2, 0.25) is 0 Å². The molecule has 0 radical (unpaired) electrons. The average Bonchev–Trinajstić information content (AvgIpc) is 2.51. The largest absolute Gasteiger partial charge is 0.466 e. The number of esters is 2. The van der Waals surface area contributed by atoms with Crippen LogP contribution in [0.2, 0.25) is 0 Å². The first-order valence-electron chi connectivity index (χ1n) is 7.89. The lowest BCUT2D eigenvalue weighted by molar-refractivity contribution is -0.146. The Bertz CT molecular complexity index is 349. The van der Waals surface area contributed by atoms with E-state index in [0.29, 0.717) is 51.7 Å². The zero-order chi connectivity index (χ0) is 16.5. The Balaban J connectivity index is 3.36. The molecule has 0 aromatic rings. The second-order valence-electron chi connectivity index (χ2n) is 4.97. The fourth-order valence-corrected chi connectivity index (χ4v) is 1.71. The number of rotatable bonds is 13. The Morgan fingerprint density at radius 3 is 1.45 bits per heavy atom. The van der Waals surface area contributed by atoms with Gasteiger partial charge in [0.25, 0.3) is 0 Å². The van der Waals surface area contributed by atoms with Crippen molar-refractivity contribution >= 4 is 11.9 Å². The maximum atomic E-state index is 11.4. The Kier molecular flexibility index (Phi) is 14.1. The predicted molar refractivity (Wildman–Crippen MR) is 85.8 cm³/mol. The fraction of sp³-hybridized carbons (Fsp3) is 0.667. The lowest BCUT2D eigenvalue weighted by Crippen LogP contribution is -2.08. The first-order chi connectivity index (χ1) is 10.7. The standard InChI is InChI=1S/C18H26O4/c1-3-5-7-11-15-21-17(19)13-9-10-14-18(20)22-16-12-8-6-4-2/h1-2H,5-16H2. The molecule has 0 unspecified atom stereocenters. The van der Waals surface area contributed by atoms with Gasteiger partial charge in [-0.25, -0.2) is 0 Å². The van der Waals surface area contributed by atoms with E-state index in [1.807, 2.05) is 0 Å². The number of ether oxygens (including phenoxy) is 2. The van der Waals surface area contributed by atoms with Gasteiger partial charge >= 0.3 is 11.9 Å². The van der Waals surface area contributed by atoms with Gasteiger partial charge in [-0.3, -0.25) is 9.59 Å². The molecule has 22 heavy (non-hydrogen) atoms. The van der Waals surface area contributed by atoms with Crippen LogP contribution in [0, 0.1) is 24.7 Å². The summed E-state index contributed by atoms with van der Waals surface area (Å²) in [6, 6.07) is 0. The molecular weight excluding hydrogens is 280 g/mol. The summed E-state index contributed by atoms with van der Waals surface area (Å²) in [5.74, 6) is 4.64. The molecule has 0 amide bonds.